The standard InChI is InChI=1S/C47H36BN2/c1-28-14-5-7-16-31(28)30-26-36(45-42(27-30)50-41-23-12-9-18-33(41)35-19-13-21-38(48-45)46(35)50)43-40(49-39-22-11-6-15-29(39)2)25-24-34-32-17-8-10-20-37(32)47(3,4)44(34)43/h5-27,49H,1-4H3. The van der Waals surface area contributed by atoms with Crippen LogP contribution in [0.25, 0.3) is 60.9 Å². The fraction of sp³-hybridized carbons (Fsp3) is 0.106. The summed E-state index contributed by atoms with van der Waals surface area (Å²) in [6.45, 7) is 9.21. The fourth-order valence-electron chi connectivity index (χ4n) is 8.92. The van der Waals surface area contributed by atoms with Gasteiger partial charge >= 0.3 is 0 Å². The van der Waals surface area contributed by atoms with Crippen LogP contribution in [0.1, 0.15) is 36.1 Å². The van der Waals surface area contributed by atoms with Gasteiger partial charge in [0.05, 0.1) is 5.52 Å². The molecule has 7 aromatic carbocycles. The van der Waals surface area contributed by atoms with E-state index in [0.717, 1.165) is 11.4 Å². The number of aryl methyl sites for hydroxylation is 2. The average molecular weight is 640 g/mol. The number of anilines is 2. The van der Waals surface area contributed by atoms with Crippen molar-refractivity contribution in [1.82, 2.24) is 4.57 Å². The number of nitrogens with zero attached hydrogens (tertiary/aromatic N) is 1. The molecule has 2 heterocycles. The molecule has 0 saturated carbocycles. The van der Waals surface area contributed by atoms with Crippen molar-refractivity contribution in [1.29, 1.82) is 0 Å². The monoisotopic (exact) mass is 639 g/mol. The van der Waals surface area contributed by atoms with E-state index in [1.165, 1.54) is 94.1 Å². The maximum atomic E-state index is 3.95. The minimum Gasteiger partial charge on any atom is -0.355 e. The molecule has 0 unspecified atom stereocenters. The van der Waals surface area contributed by atoms with Gasteiger partial charge in [0.25, 0.3) is 0 Å². The second-order valence-corrected chi connectivity index (χ2v) is 14.5. The Balaban J connectivity index is 1.36. The molecule has 1 N–H and O–H groups in total. The molecule has 8 aromatic rings. The third kappa shape index (κ3) is 4.04. The molecular formula is C47H36BN2. The Morgan fingerprint density at radius 1 is 0.580 bits per heavy atom. The van der Waals surface area contributed by atoms with Crippen LogP contribution in [0.15, 0.2) is 140 Å². The number of hydrogen-bond donors (Lipinski definition) is 1. The molecule has 237 valence electrons. The Morgan fingerprint density at radius 2 is 1.30 bits per heavy atom. The van der Waals surface area contributed by atoms with Crippen LogP contribution in [0, 0.1) is 13.8 Å². The molecular weight excluding hydrogens is 603 g/mol. The van der Waals surface area contributed by atoms with Gasteiger partial charge in [-0.05, 0) is 99.7 Å². The minimum atomic E-state index is -0.212. The zero-order valence-corrected chi connectivity index (χ0v) is 28.8. The lowest BCUT2D eigenvalue weighted by atomic mass is 9.58. The summed E-state index contributed by atoms with van der Waals surface area (Å²) in [6.07, 6.45) is 0. The predicted octanol–water partition coefficient (Wildman–Crippen LogP) is 10.8. The maximum Gasteiger partial charge on any atom is 0.197 e. The van der Waals surface area contributed by atoms with Gasteiger partial charge in [-0.3, -0.25) is 0 Å². The molecule has 1 radical (unpaired) electrons. The highest BCUT2D eigenvalue weighted by Gasteiger charge is 2.39. The van der Waals surface area contributed by atoms with Gasteiger partial charge in [-0.15, -0.1) is 0 Å². The van der Waals surface area contributed by atoms with Crippen molar-refractivity contribution in [3.63, 3.8) is 0 Å². The van der Waals surface area contributed by atoms with E-state index < -0.39 is 0 Å². The van der Waals surface area contributed by atoms with Gasteiger partial charge in [-0.1, -0.05) is 129 Å². The molecule has 3 heteroatoms. The Labute approximate surface area is 294 Å². The number of para-hydroxylation sites is 3. The van der Waals surface area contributed by atoms with Crippen molar-refractivity contribution in [3.05, 3.63) is 162 Å². The van der Waals surface area contributed by atoms with Crippen LogP contribution in [0.5, 0.6) is 0 Å². The van der Waals surface area contributed by atoms with Crippen molar-refractivity contribution in [3.8, 4) is 39.1 Å². The van der Waals surface area contributed by atoms with Crippen LogP contribution in [0.3, 0.4) is 0 Å². The molecule has 2 nitrogen and oxygen atoms in total. The summed E-state index contributed by atoms with van der Waals surface area (Å²) in [6, 6.07) is 51.6. The van der Waals surface area contributed by atoms with Crippen LogP contribution in [0.2, 0.25) is 0 Å². The molecule has 0 amide bonds. The predicted molar refractivity (Wildman–Crippen MR) is 213 cm³/mol. The molecule has 1 aliphatic heterocycles. The van der Waals surface area contributed by atoms with Gasteiger partial charge in [0.1, 0.15) is 0 Å². The smallest absolute Gasteiger partial charge is 0.197 e. The molecule has 1 aliphatic carbocycles. The number of aromatic nitrogens is 1. The third-order valence-corrected chi connectivity index (χ3v) is 11.3. The SMILES string of the molecule is Cc1ccccc1Nc1ccc2c(c1-c1cc(-c3ccccc3C)cc3c1[B]c1cccc4c5ccccc5n-3c14)C(C)(C)c1ccccc1-2. The summed E-state index contributed by atoms with van der Waals surface area (Å²) in [4.78, 5) is 0. The molecule has 0 atom stereocenters. The summed E-state index contributed by atoms with van der Waals surface area (Å²) < 4.78 is 2.53. The van der Waals surface area contributed by atoms with E-state index in [9.17, 15) is 0 Å². The quantitative estimate of drug-likeness (QED) is 0.190. The first-order chi connectivity index (χ1) is 24.4. The lowest BCUT2D eigenvalue weighted by molar-refractivity contribution is 0.662. The van der Waals surface area contributed by atoms with E-state index in [0.29, 0.717) is 0 Å². The van der Waals surface area contributed by atoms with Gasteiger partial charge in [0, 0.05) is 44.3 Å². The Kier molecular flexibility index (Phi) is 6.18. The molecule has 50 heavy (non-hydrogen) atoms. The van der Waals surface area contributed by atoms with E-state index >= 15 is 0 Å². The van der Waals surface area contributed by atoms with Gasteiger partial charge in [0.2, 0.25) is 0 Å². The highest BCUT2D eigenvalue weighted by atomic mass is 15.0. The Morgan fingerprint density at radius 3 is 2.14 bits per heavy atom. The number of rotatable bonds is 4. The van der Waals surface area contributed by atoms with Gasteiger partial charge in [-0.2, -0.15) is 0 Å². The third-order valence-electron chi connectivity index (χ3n) is 11.3. The van der Waals surface area contributed by atoms with Crippen LogP contribution in [-0.4, -0.2) is 11.8 Å². The molecule has 0 bridgehead atoms. The first-order valence-corrected chi connectivity index (χ1v) is 17.6. The molecule has 0 saturated heterocycles. The minimum absolute atomic E-state index is 0.212. The number of nitrogens with one attached hydrogen (secondary N) is 1. The van der Waals surface area contributed by atoms with Gasteiger partial charge < -0.3 is 9.88 Å². The van der Waals surface area contributed by atoms with E-state index in [4.69, 9.17) is 0 Å². The zero-order chi connectivity index (χ0) is 33.7. The number of hydrogen-bond acceptors (Lipinski definition) is 1. The lowest BCUT2D eigenvalue weighted by Crippen LogP contribution is -2.37. The number of fused-ring (bicyclic) bond motifs is 8. The van der Waals surface area contributed by atoms with Crippen LogP contribution in [-0.2, 0) is 5.41 Å². The van der Waals surface area contributed by atoms with Crippen molar-refractivity contribution in [2.24, 2.45) is 0 Å². The summed E-state index contributed by atoms with van der Waals surface area (Å²) in [7, 11) is 2.44. The second-order valence-electron chi connectivity index (χ2n) is 14.5. The van der Waals surface area contributed by atoms with Crippen LogP contribution < -0.4 is 16.2 Å². The van der Waals surface area contributed by atoms with E-state index in [1.807, 2.05) is 0 Å². The fourth-order valence-corrected chi connectivity index (χ4v) is 8.92. The Bertz CT molecular complexity index is 2710. The maximum absolute atomic E-state index is 3.95. The van der Waals surface area contributed by atoms with Crippen LogP contribution in [0.4, 0.5) is 11.4 Å². The molecule has 0 spiro atoms. The molecule has 1 aromatic heterocycles. The van der Waals surface area contributed by atoms with Crippen molar-refractivity contribution in [2.75, 3.05) is 5.32 Å². The normalized spacial score (nSPS) is 13.5. The first-order valence-electron chi connectivity index (χ1n) is 17.6. The van der Waals surface area contributed by atoms with Crippen molar-refractivity contribution >= 4 is 51.4 Å². The Hall–Kier alpha value is -5.80. The largest absolute Gasteiger partial charge is 0.355 e. The van der Waals surface area contributed by atoms with Crippen molar-refractivity contribution < 1.29 is 0 Å². The second kappa shape index (κ2) is 10.6. The van der Waals surface area contributed by atoms with Crippen LogP contribution >= 0.6 is 0 Å². The van der Waals surface area contributed by atoms with E-state index in [2.05, 4.69) is 184 Å². The highest BCUT2D eigenvalue weighted by molar-refractivity contribution is 6.73. The first kappa shape index (κ1) is 29.1. The van der Waals surface area contributed by atoms with Crippen molar-refractivity contribution in [2.45, 2.75) is 33.1 Å². The summed E-state index contributed by atoms with van der Waals surface area (Å²) >= 11 is 0. The topological polar surface area (TPSA) is 17.0 Å². The summed E-state index contributed by atoms with van der Waals surface area (Å²) in [5.41, 5.74) is 21.1. The van der Waals surface area contributed by atoms with E-state index in [-0.39, 0.29) is 5.41 Å². The number of benzene rings is 7. The van der Waals surface area contributed by atoms with Gasteiger partial charge in [-0.25, -0.2) is 0 Å². The molecule has 0 fully saturated rings. The van der Waals surface area contributed by atoms with Gasteiger partial charge in [0.15, 0.2) is 7.28 Å². The lowest BCUT2D eigenvalue weighted by Gasteiger charge is -2.30. The highest BCUT2D eigenvalue weighted by Crippen LogP contribution is 2.54. The summed E-state index contributed by atoms with van der Waals surface area (Å²) in [5, 5.41) is 6.53. The summed E-state index contributed by atoms with van der Waals surface area (Å²) in [5.74, 6) is 0. The zero-order valence-electron chi connectivity index (χ0n) is 28.8. The molecule has 2 aliphatic rings. The van der Waals surface area contributed by atoms with E-state index in [1.54, 1.807) is 0 Å². The average Bonchev–Trinajstić information content (AvgIpc) is 3.59. The molecule has 10 rings (SSSR count).